The summed E-state index contributed by atoms with van der Waals surface area (Å²) in [5.74, 6) is 0.737. The predicted octanol–water partition coefficient (Wildman–Crippen LogP) is 2.69. The first-order valence-corrected chi connectivity index (χ1v) is 6.16. The molecular weight excluding hydrogens is 233 g/mol. The van der Waals surface area contributed by atoms with Crippen molar-refractivity contribution in [3.05, 3.63) is 36.0 Å². The Bertz CT molecular complexity index is 535. The average molecular weight is 247 g/mol. The van der Waals surface area contributed by atoms with Crippen LogP contribution in [0.3, 0.4) is 0 Å². The van der Waals surface area contributed by atoms with Crippen molar-refractivity contribution in [2.24, 2.45) is 0 Å². The summed E-state index contributed by atoms with van der Waals surface area (Å²) in [6.45, 7) is 0.975. The van der Waals surface area contributed by atoms with E-state index in [-0.39, 0.29) is 11.9 Å². The minimum absolute atomic E-state index is 0.133. The Balaban J connectivity index is 1.84. The Kier molecular flexibility index (Phi) is 3.06. The van der Waals surface area contributed by atoms with E-state index in [1.807, 2.05) is 0 Å². The van der Waals surface area contributed by atoms with Crippen LogP contribution < -0.4 is 5.32 Å². The number of piperidine rings is 1. The van der Waals surface area contributed by atoms with Gasteiger partial charge in [-0.3, -0.25) is 0 Å². The van der Waals surface area contributed by atoms with Crippen LogP contribution in [0.25, 0.3) is 11.4 Å². The van der Waals surface area contributed by atoms with Crippen molar-refractivity contribution >= 4 is 0 Å². The van der Waals surface area contributed by atoms with E-state index in [4.69, 9.17) is 4.52 Å². The van der Waals surface area contributed by atoms with Crippen molar-refractivity contribution in [2.75, 3.05) is 6.54 Å². The molecule has 1 fully saturated rings. The molecule has 1 N–H and O–H groups in total. The first kappa shape index (κ1) is 11.3. The first-order chi connectivity index (χ1) is 8.83. The molecule has 1 atom stereocenters. The second-order valence-corrected chi connectivity index (χ2v) is 4.47. The summed E-state index contributed by atoms with van der Waals surface area (Å²) in [6.07, 6.45) is 3.35. The summed E-state index contributed by atoms with van der Waals surface area (Å²) in [5.41, 5.74) is 0.640. The van der Waals surface area contributed by atoms with Crippen LogP contribution in [-0.2, 0) is 0 Å². The van der Waals surface area contributed by atoms with Gasteiger partial charge in [-0.1, -0.05) is 23.7 Å². The van der Waals surface area contributed by atoms with E-state index in [0.29, 0.717) is 17.3 Å². The SMILES string of the molecule is Fc1cccc(-c2noc(C3CCCCN3)n2)c1. The number of hydrogen-bond donors (Lipinski definition) is 1. The molecular formula is C13H14FN3O. The Morgan fingerprint density at radius 3 is 3.06 bits per heavy atom. The highest BCUT2D eigenvalue weighted by atomic mass is 19.1. The van der Waals surface area contributed by atoms with Gasteiger partial charge < -0.3 is 9.84 Å². The highest BCUT2D eigenvalue weighted by Gasteiger charge is 2.21. The highest BCUT2D eigenvalue weighted by molar-refractivity contribution is 5.53. The van der Waals surface area contributed by atoms with Crippen molar-refractivity contribution in [1.29, 1.82) is 0 Å². The molecule has 1 aromatic heterocycles. The van der Waals surface area contributed by atoms with Gasteiger partial charge in [0, 0.05) is 5.56 Å². The molecule has 0 spiro atoms. The van der Waals surface area contributed by atoms with Gasteiger partial charge in [-0.15, -0.1) is 0 Å². The third kappa shape index (κ3) is 2.26. The molecule has 1 aliphatic heterocycles. The summed E-state index contributed by atoms with van der Waals surface area (Å²) in [4.78, 5) is 4.34. The fourth-order valence-electron chi connectivity index (χ4n) is 2.18. The zero-order chi connectivity index (χ0) is 12.4. The molecule has 1 aromatic carbocycles. The van der Waals surface area contributed by atoms with Crippen LogP contribution in [0.1, 0.15) is 31.2 Å². The molecule has 0 bridgehead atoms. The molecule has 1 aliphatic rings. The topological polar surface area (TPSA) is 51.0 Å². The summed E-state index contributed by atoms with van der Waals surface area (Å²) < 4.78 is 18.4. The van der Waals surface area contributed by atoms with Crippen molar-refractivity contribution in [3.8, 4) is 11.4 Å². The number of rotatable bonds is 2. The zero-order valence-corrected chi connectivity index (χ0v) is 9.90. The molecule has 0 amide bonds. The van der Waals surface area contributed by atoms with Gasteiger partial charge in [-0.05, 0) is 31.5 Å². The van der Waals surface area contributed by atoms with Crippen molar-refractivity contribution < 1.29 is 8.91 Å². The second-order valence-electron chi connectivity index (χ2n) is 4.47. The molecule has 0 radical (unpaired) electrons. The number of benzene rings is 1. The minimum atomic E-state index is -0.297. The number of aromatic nitrogens is 2. The zero-order valence-electron chi connectivity index (χ0n) is 9.90. The number of hydrogen-bond acceptors (Lipinski definition) is 4. The number of nitrogens with one attached hydrogen (secondary N) is 1. The summed E-state index contributed by atoms with van der Waals surface area (Å²) in [7, 11) is 0. The van der Waals surface area contributed by atoms with Crippen LogP contribution in [-0.4, -0.2) is 16.7 Å². The summed E-state index contributed by atoms with van der Waals surface area (Å²) >= 11 is 0. The van der Waals surface area contributed by atoms with Gasteiger partial charge in [0.1, 0.15) is 5.82 Å². The fraction of sp³-hybridized carbons (Fsp3) is 0.385. The molecule has 3 rings (SSSR count). The lowest BCUT2D eigenvalue weighted by Crippen LogP contribution is -2.26. The van der Waals surface area contributed by atoms with E-state index in [2.05, 4.69) is 15.5 Å². The Labute approximate surface area is 104 Å². The molecule has 2 aromatic rings. The van der Waals surface area contributed by atoms with E-state index in [1.54, 1.807) is 12.1 Å². The Morgan fingerprint density at radius 2 is 2.28 bits per heavy atom. The highest BCUT2D eigenvalue weighted by Crippen LogP contribution is 2.24. The lowest BCUT2D eigenvalue weighted by atomic mass is 10.1. The molecule has 4 nitrogen and oxygen atoms in total. The first-order valence-electron chi connectivity index (χ1n) is 6.16. The lowest BCUT2D eigenvalue weighted by molar-refractivity contribution is 0.297. The molecule has 5 heteroatoms. The number of nitrogens with zero attached hydrogens (tertiary/aromatic N) is 2. The van der Waals surface area contributed by atoms with E-state index < -0.39 is 0 Å². The van der Waals surface area contributed by atoms with Crippen LogP contribution in [0, 0.1) is 5.82 Å². The van der Waals surface area contributed by atoms with Crippen molar-refractivity contribution in [1.82, 2.24) is 15.5 Å². The van der Waals surface area contributed by atoms with Crippen LogP contribution in [0.2, 0.25) is 0 Å². The Morgan fingerprint density at radius 1 is 1.33 bits per heavy atom. The smallest absolute Gasteiger partial charge is 0.244 e. The van der Waals surface area contributed by atoms with E-state index in [0.717, 1.165) is 19.4 Å². The Hall–Kier alpha value is -1.75. The standard InChI is InChI=1S/C13H14FN3O/c14-10-5-3-4-9(8-10)12-16-13(18-17-12)11-6-1-2-7-15-11/h3-5,8,11,15H,1-2,6-7H2. The fourth-order valence-corrected chi connectivity index (χ4v) is 2.18. The molecule has 0 aliphatic carbocycles. The van der Waals surface area contributed by atoms with Crippen LogP contribution in [0.4, 0.5) is 4.39 Å². The van der Waals surface area contributed by atoms with Gasteiger partial charge in [-0.25, -0.2) is 4.39 Å². The van der Waals surface area contributed by atoms with Crippen LogP contribution in [0.5, 0.6) is 0 Å². The normalized spacial score (nSPS) is 19.9. The average Bonchev–Trinajstić information content (AvgIpc) is 2.89. The maximum absolute atomic E-state index is 13.1. The monoisotopic (exact) mass is 247 g/mol. The minimum Gasteiger partial charge on any atom is -0.337 e. The maximum Gasteiger partial charge on any atom is 0.244 e. The maximum atomic E-state index is 13.1. The summed E-state index contributed by atoms with van der Waals surface area (Å²) in [5, 5.41) is 7.25. The molecule has 2 heterocycles. The van der Waals surface area contributed by atoms with E-state index in [9.17, 15) is 4.39 Å². The molecule has 1 saturated heterocycles. The summed E-state index contributed by atoms with van der Waals surface area (Å²) in [6, 6.07) is 6.34. The molecule has 18 heavy (non-hydrogen) atoms. The number of halogens is 1. The van der Waals surface area contributed by atoms with Gasteiger partial charge >= 0.3 is 0 Å². The van der Waals surface area contributed by atoms with Gasteiger partial charge in [0.15, 0.2) is 0 Å². The van der Waals surface area contributed by atoms with Gasteiger partial charge in [0.25, 0.3) is 0 Å². The third-order valence-electron chi connectivity index (χ3n) is 3.13. The second kappa shape index (κ2) is 4.86. The van der Waals surface area contributed by atoms with Crippen molar-refractivity contribution in [3.63, 3.8) is 0 Å². The molecule has 0 saturated carbocycles. The molecule has 94 valence electrons. The molecule has 1 unspecified atom stereocenters. The van der Waals surface area contributed by atoms with E-state index in [1.165, 1.54) is 18.6 Å². The van der Waals surface area contributed by atoms with E-state index >= 15 is 0 Å². The van der Waals surface area contributed by atoms with Crippen molar-refractivity contribution in [2.45, 2.75) is 25.3 Å². The van der Waals surface area contributed by atoms with Gasteiger partial charge in [-0.2, -0.15) is 4.98 Å². The largest absolute Gasteiger partial charge is 0.337 e. The van der Waals surface area contributed by atoms with Gasteiger partial charge in [0.05, 0.1) is 6.04 Å². The van der Waals surface area contributed by atoms with Crippen LogP contribution >= 0.6 is 0 Å². The third-order valence-corrected chi connectivity index (χ3v) is 3.13. The van der Waals surface area contributed by atoms with Gasteiger partial charge in [0.2, 0.25) is 11.7 Å². The van der Waals surface area contributed by atoms with Crippen LogP contribution in [0.15, 0.2) is 28.8 Å². The quantitative estimate of drug-likeness (QED) is 0.886. The lowest BCUT2D eigenvalue weighted by Gasteiger charge is -2.19. The predicted molar refractivity (Wildman–Crippen MR) is 64.3 cm³/mol.